The van der Waals surface area contributed by atoms with Gasteiger partial charge in [0.2, 0.25) is 0 Å². The highest BCUT2D eigenvalue weighted by Gasteiger charge is 2.10. The van der Waals surface area contributed by atoms with Crippen molar-refractivity contribution < 1.29 is 13.2 Å². The van der Waals surface area contributed by atoms with E-state index in [9.17, 15) is 13.2 Å². The number of isocyanates is 1. The van der Waals surface area contributed by atoms with Gasteiger partial charge in [-0.3, -0.25) is 0 Å². The summed E-state index contributed by atoms with van der Waals surface area (Å²) in [5, 5.41) is 7.32. The van der Waals surface area contributed by atoms with Crippen LogP contribution in [0.1, 0.15) is 12.5 Å². The molecule has 1 aromatic carbocycles. The van der Waals surface area contributed by atoms with Gasteiger partial charge in [-0.2, -0.15) is 13.7 Å². The fourth-order valence-electron chi connectivity index (χ4n) is 0.812. The van der Waals surface area contributed by atoms with Crippen molar-refractivity contribution in [2.75, 3.05) is 0 Å². The monoisotopic (exact) mass is 238 g/mol. The number of benzene rings is 1. The molecular formula is C10H10N2O3S. The summed E-state index contributed by atoms with van der Waals surface area (Å²) in [6, 6.07) is 7.80. The Kier molecular flexibility index (Phi) is 5.71. The van der Waals surface area contributed by atoms with Crippen molar-refractivity contribution >= 4 is 16.1 Å². The lowest BCUT2D eigenvalue weighted by Gasteiger charge is -1.96. The minimum absolute atomic E-state index is 0.00134. The van der Waals surface area contributed by atoms with Crippen molar-refractivity contribution in [2.24, 2.45) is 4.40 Å². The normalized spacial score (nSPS) is 9.06. The molecule has 84 valence electrons. The summed E-state index contributed by atoms with van der Waals surface area (Å²) in [6.07, 6.45) is 1.01. The SMILES string of the molecule is CC#N.Cc1ccc(S(=O)(=O)N=C=O)cc1. The highest BCUT2D eigenvalue weighted by atomic mass is 32.2. The van der Waals surface area contributed by atoms with Gasteiger partial charge in [-0.05, 0) is 19.1 Å². The van der Waals surface area contributed by atoms with Crippen LogP contribution in [0.4, 0.5) is 0 Å². The zero-order valence-corrected chi connectivity index (χ0v) is 9.65. The second-order valence-corrected chi connectivity index (χ2v) is 4.30. The molecule has 5 nitrogen and oxygen atoms in total. The van der Waals surface area contributed by atoms with Crippen LogP contribution < -0.4 is 0 Å². The van der Waals surface area contributed by atoms with Crippen LogP contribution in [0, 0.1) is 18.3 Å². The van der Waals surface area contributed by atoms with Crippen LogP contribution in [-0.2, 0) is 14.8 Å². The Morgan fingerprint density at radius 1 is 1.25 bits per heavy atom. The molecule has 1 aromatic rings. The van der Waals surface area contributed by atoms with E-state index < -0.39 is 10.0 Å². The highest BCUT2D eigenvalue weighted by molar-refractivity contribution is 7.90. The summed E-state index contributed by atoms with van der Waals surface area (Å²) >= 11 is 0. The first-order valence-electron chi connectivity index (χ1n) is 4.19. The van der Waals surface area contributed by atoms with Gasteiger partial charge >= 0.3 is 0 Å². The zero-order valence-electron chi connectivity index (χ0n) is 8.84. The minimum atomic E-state index is -3.83. The van der Waals surface area contributed by atoms with E-state index in [0.29, 0.717) is 0 Å². The molecule has 0 aliphatic heterocycles. The van der Waals surface area contributed by atoms with Crippen molar-refractivity contribution in [3.8, 4) is 6.07 Å². The van der Waals surface area contributed by atoms with Crippen molar-refractivity contribution in [1.82, 2.24) is 0 Å². The average molecular weight is 238 g/mol. The molecule has 0 bridgehead atoms. The Bertz CT molecular complexity index is 520. The molecule has 0 fully saturated rings. The number of hydrogen-bond donors (Lipinski definition) is 0. The molecule has 0 N–H and O–H groups in total. The van der Waals surface area contributed by atoms with E-state index >= 15 is 0 Å². The molecule has 0 amide bonds. The number of nitrogens with zero attached hydrogens (tertiary/aromatic N) is 2. The number of hydrogen-bond acceptors (Lipinski definition) is 4. The topological polar surface area (TPSA) is 87.4 Å². The fourth-order valence-corrected chi connectivity index (χ4v) is 1.50. The number of sulfonamides is 1. The second kappa shape index (κ2) is 6.51. The third-order valence-corrected chi connectivity index (χ3v) is 2.66. The summed E-state index contributed by atoms with van der Waals surface area (Å²) in [7, 11) is -3.83. The molecule has 0 aromatic heterocycles. The van der Waals surface area contributed by atoms with Crippen molar-refractivity contribution in [3.63, 3.8) is 0 Å². The predicted molar refractivity (Wildman–Crippen MR) is 57.8 cm³/mol. The smallest absolute Gasteiger partial charge is 0.210 e. The summed E-state index contributed by atoms with van der Waals surface area (Å²) < 4.78 is 25.0. The molecule has 16 heavy (non-hydrogen) atoms. The third kappa shape index (κ3) is 4.51. The maximum absolute atomic E-state index is 11.1. The second-order valence-electron chi connectivity index (χ2n) is 2.69. The lowest BCUT2D eigenvalue weighted by Crippen LogP contribution is -1.95. The average Bonchev–Trinajstić information content (AvgIpc) is 2.19. The van der Waals surface area contributed by atoms with Crippen LogP contribution in [0.15, 0.2) is 33.6 Å². The van der Waals surface area contributed by atoms with Crippen molar-refractivity contribution in [3.05, 3.63) is 29.8 Å². The van der Waals surface area contributed by atoms with Crippen LogP contribution in [0.5, 0.6) is 0 Å². The summed E-state index contributed by atoms with van der Waals surface area (Å²) in [6.45, 7) is 3.26. The van der Waals surface area contributed by atoms with Crippen LogP contribution in [0.2, 0.25) is 0 Å². The molecule has 0 unspecified atom stereocenters. The first kappa shape index (κ1) is 14.0. The molecule has 6 heteroatoms. The van der Waals surface area contributed by atoms with Gasteiger partial charge in [-0.25, -0.2) is 4.79 Å². The van der Waals surface area contributed by atoms with Gasteiger partial charge in [0.05, 0.1) is 11.0 Å². The quantitative estimate of drug-likeness (QED) is 0.577. The minimum Gasteiger partial charge on any atom is -0.210 e. The Morgan fingerprint density at radius 2 is 1.69 bits per heavy atom. The van der Waals surface area contributed by atoms with Crippen molar-refractivity contribution in [1.29, 1.82) is 5.26 Å². The van der Waals surface area contributed by atoms with Crippen LogP contribution >= 0.6 is 0 Å². The Hall–Kier alpha value is -1.96. The molecular weight excluding hydrogens is 228 g/mol. The van der Waals surface area contributed by atoms with E-state index in [-0.39, 0.29) is 4.90 Å². The molecule has 0 aliphatic rings. The third-order valence-electron chi connectivity index (χ3n) is 1.48. The van der Waals surface area contributed by atoms with Crippen LogP contribution in [0.3, 0.4) is 0 Å². The summed E-state index contributed by atoms with van der Waals surface area (Å²) in [4.78, 5) is 9.79. The van der Waals surface area contributed by atoms with Gasteiger partial charge in [-0.1, -0.05) is 22.1 Å². The summed E-state index contributed by atoms with van der Waals surface area (Å²) in [5.74, 6) is 0. The largest absolute Gasteiger partial charge is 0.292 e. The standard InChI is InChI=1S/C8H7NO3S.C2H3N/c1-7-2-4-8(5-3-7)13(11,12)9-6-10;1-2-3/h2-5H,1H3;1H3. The molecule has 0 saturated heterocycles. The zero-order chi connectivity index (χ0) is 12.6. The Morgan fingerprint density at radius 3 is 2.06 bits per heavy atom. The first-order chi connectivity index (χ1) is 7.47. The highest BCUT2D eigenvalue weighted by Crippen LogP contribution is 2.11. The molecule has 0 atom stereocenters. The number of aryl methyl sites for hydroxylation is 1. The maximum atomic E-state index is 11.1. The van der Waals surface area contributed by atoms with E-state index in [1.807, 2.05) is 6.92 Å². The molecule has 0 spiro atoms. The number of carbonyl (C=O) groups excluding carboxylic acids is 1. The van der Waals surface area contributed by atoms with Gasteiger partial charge in [0.25, 0.3) is 16.1 Å². The molecule has 1 rings (SSSR count). The van der Waals surface area contributed by atoms with Gasteiger partial charge < -0.3 is 0 Å². The number of rotatable bonds is 2. The van der Waals surface area contributed by atoms with E-state index in [4.69, 9.17) is 5.26 Å². The summed E-state index contributed by atoms with van der Waals surface area (Å²) in [5.41, 5.74) is 0.939. The van der Waals surface area contributed by atoms with Crippen LogP contribution in [0.25, 0.3) is 0 Å². The van der Waals surface area contributed by atoms with Gasteiger partial charge in [0.15, 0.2) is 0 Å². The van der Waals surface area contributed by atoms with Crippen molar-refractivity contribution in [2.45, 2.75) is 18.7 Å². The van der Waals surface area contributed by atoms with Gasteiger partial charge in [-0.15, -0.1) is 0 Å². The van der Waals surface area contributed by atoms with Crippen LogP contribution in [-0.4, -0.2) is 14.5 Å². The molecule has 0 heterocycles. The molecule has 0 aliphatic carbocycles. The molecule has 0 radical (unpaired) electrons. The van der Waals surface area contributed by atoms with E-state index in [0.717, 1.165) is 11.6 Å². The predicted octanol–water partition coefficient (Wildman–Crippen LogP) is 1.55. The van der Waals surface area contributed by atoms with Gasteiger partial charge in [0, 0.05) is 6.92 Å². The van der Waals surface area contributed by atoms with E-state index in [1.54, 1.807) is 18.2 Å². The van der Waals surface area contributed by atoms with E-state index in [2.05, 4.69) is 4.40 Å². The van der Waals surface area contributed by atoms with Gasteiger partial charge in [0.1, 0.15) is 0 Å². The Labute approximate surface area is 94.1 Å². The maximum Gasteiger partial charge on any atom is 0.292 e. The van der Waals surface area contributed by atoms with E-state index in [1.165, 1.54) is 19.1 Å². The lowest BCUT2D eigenvalue weighted by molar-refractivity contribution is 0.563. The fraction of sp³-hybridized carbons (Fsp3) is 0.200. The lowest BCUT2D eigenvalue weighted by atomic mass is 10.2. The molecule has 0 saturated carbocycles. The first-order valence-corrected chi connectivity index (χ1v) is 5.63. The Balaban J connectivity index is 0.000000673. The number of nitriles is 1.